The molecule has 36 heavy (non-hydrogen) atoms. The molecule has 0 aliphatic carbocycles. The van der Waals surface area contributed by atoms with Gasteiger partial charge in [0.1, 0.15) is 6.29 Å². The zero-order valence-corrected chi connectivity index (χ0v) is 24.0. The average molecular weight is 575 g/mol. The van der Waals surface area contributed by atoms with E-state index in [0.717, 1.165) is 15.6 Å². The fourth-order valence-corrected chi connectivity index (χ4v) is 7.07. The van der Waals surface area contributed by atoms with Crippen LogP contribution in [0.15, 0.2) is 82.6 Å². The van der Waals surface area contributed by atoms with Gasteiger partial charge in [-0.25, -0.2) is 0 Å². The number of carbonyl (C=O) groups is 1. The van der Waals surface area contributed by atoms with Crippen LogP contribution in [0.1, 0.15) is 61.0 Å². The molecular weight excluding hydrogens is 546 g/mol. The molecular formula is C31H28BrNOS2. The summed E-state index contributed by atoms with van der Waals surface area (Å²) in [5.74, 6) is 0.791. The van der Waals surface area contributed by atoms with Crippen molar-refractivity contribution in [1.29, 1.82) is 0 Å². The van der Waals surface area contributed by atoms with Gasteiger partial charge >= 0.3 is 0 Å². The van der Waals surface area contributed by atoms with Crippen LogP contribution in [0.3, 0.4) is 0 Å². The minimum Gasteiger partial charge on any atom is -0.307 e. The number of rotatable bonds is 7. The first-order valence-corrected chi connectivity index (χ1v) is 14.6. The number of hydrogen-bond acceptors (Lipinski definition) is 3. The van der Waals surface area contributed by atoms with Gasteiger partial charge in [0.15, 0.2) is 0 Å². The van der Waals surface area contributed by atoms with E-state index >= 15 is 0 Å². The normalized spacial score (nSPS) is 11.5. The molecule has 0 radical (unpaired) electrons. The van der Waals surface area contributed by atoms with E-state index in [0.29, 0.717) is 17.4 Å². The summed E-state index contributed by atoms with van der Waals surface area (Å²) in [5.41, 5.74) is 8.25. The molecule has 0 spiro atoms. The molecule has 0 unspecified atom stereocenters. The quantitative estimate of drug-likeness (QED) is 0.177. The molecule has 0 fully saturated rings. The summed E-state index contributed by atoms with van der Waals surface area (Å²) in [6.07, 6.45) is 0.888. The van der Waals surface area contributed by atoms with Crippen molar-refractivity contribution in [3.8, 4) is 37.3 Å². The van der Waals surface area contributed by atoms with Crippen LogP contribution in [0, 0.1) is 0 Å². The van der Waals surface area contributed by atoms with Gasteiger partial charge in [0.25, 0.3) is 0 Å². The third-order valence-electron chi connectivity index (χ3n) is 6.46. The summed E-state index contributed by atoms with van der Waals surface area (Å²) < 4.78 is 3.61. The highest BCUT2D eigenvalue weighted by molar-refractivity contribution is 9.11. The van der Waals surface area contributed by atoms with Gasteiger partial charge in [-0.3, -0.25) is 4.79 Å². The predicted molar refractivity (Wildman–Crippen MR) is 159 cm³/mol. The molecule has 0 amide bonds. The van der Waals surface area contributed by atoms with Gasteiger partial charge in [0, 0.05) is 10.4 Å². The van der Waals surface area contributed by atoms with Crippen molar-refractivity contribution in [3.05, 3.63) is 99.3 Å². The van der Waals surface area contributed by atoms with Crippen LogP contribution in [0.25, 0.3) is 37.3 Å². The zero-order chi connectivity index (χ0) is 25.4. The molecule has 3 heterocycles. The first-order valence-electron chi connectivity index (χ1n) is 12.1. The van der Waals surface area contributed by atoms with E-state index in [4.69, 9.17) is 0 Å². The Labute approximate surface area is 229 Å². The fraction of sp³-hybridized carbons (Fsp3) is 0.194. The molecule has 5 aromatic rings. The van der Waals surface area contributed by atoms with Gasteiger partial charge in [-0.05, 0) is 80.9 Å². The van der Waals surface area contributed by atoms with E-state index in [1.54, 1.807) is 22.7 Å². The maximum absolute atomic E-state index is 11.1. The SMILES string of the molecule is CC(C)c1cccc(C(C)C)c1-n1c(-c2ccc(Br)s2)ccc1-c1ccc(-c2ccc(C=O)cc2)s1. The van der Waals surface area contributed by atoms with E-state index in [-0.39, 0.29) is 0 Å². The van der Waals surface area contributed by atoms with Crippen LogP contribution in [0.2, 0.25) is 0 Å². The first-order chi connectivity index (χ1) is 17.4. The molecule has 0 saturated carbocycles. The summed E-state index contributed by atoms with van der Waals surface area (Å²) in [7, 11) is 0. The number of aromatic nitrogens is 1. The van der Waals surface area contributed by atoms with Gasteiger partial charge in [-0.15, -0.1) is 22.7 Å². The minimum atomic E-state index is 0.395. The van der Waals surface area contributed by atoms with Crippen LogP contribution in [-0.2, 0) is 0 Å². The lowest BCUT2D eigenvalue weighted by Gasteiger charge is -2.24. The van der Waals surface area contributed by atoms with E-state index in [2.05, 4.69) is 103 Å². The Balaban J connectivity index is 1.74. The molecule has 5 heteroatoms. The van der Waals surface area contributed by atoms with Gasteiger partial charge in [0.05, 0.1) is 30.6 Å². The van der Waals surface area contributed by atoms with Gasteiger partial charge in [-0.1, -0.05) is 70.2 Å². The first kappa shape index (κ1) is 24.9. The maximum Gasteiger partial charge on any atom is 0.150 e. The van der Waals surface area contributed by atoms with Crippen LogP contribution in [-0.4, -0.2) is 10.9 Å². The number of benzene rings is 2. The minimum absolute atomic E-state index is 0.395. The molecule has 0 N–H and O–H groups in total. The number of para-hydroxylation sites is 1. The van der Waals surface area contributed by atoms with Crippen molar-refractivity contribution in [3.63, 3.8) is 0 Å². The van der Waals surface area contributed by atoms with Crippen LogP contribution < -0.4 is 0 Å². The fourth-order valence-electron chi connectivity index (χ4n) is 4.64. The van der Waals surface area contributed by atoms with Crippen molar-refractivity contribution in [2.45, 2.75) is 39.5 Å². The Kier molecular flexibility index (Phi) is 7.16. The smallest absolute Gasteiger partial charge is 0.150 e. The lowest BCUT2D eigenvalue weighted by molar-refractivity contribution is 0.112. The van der Waals surface area contributed by atoms with Crippen molar-refractivity contribution in [2.75, 3.05) is 0 Å². The number of nitrogens with zero attached hydrogens (tertiary/aromatic N) is 1. The number of thiophene rings is 2. The lowest BCUT2D eigenvalue weighted by atomic mass is 9.92. The van der Waals surface area contributed by atoms with Gasteiger partial charge in [0.2, 0.25) is 0 Å². The maximum atomic E-state index is 11.1. The Morgan fingerprint density at radius 3 is 1.78 bits per heavy atom. The lowest BCUT2D eigenvalue weighted by Crippen LogP contribution is -2.09. The highest BCUT2D eigenvalue weighted by Crippen LogP contribution is 2.43. The molecule has 2 nitrogen and oxygen atoms in total. The van der Waals surface area contributed by atoms with Crippen LogP contribution in [0.4, 0.5) is 0 Å². The van der Waals surface area contributed by atoms with Gasteiger partial charge in [-0.2, -0.15) is 0 Å². The van der Waals surface area contributed by atoms with Crippen molar-refractivity contribution in [1.82, 2.24) is 4.57 Å². The molecule has 2 aromatic carbocycles. The summed E-state index contributed by atoms with van der Waals surface area (Å²) in [5, 5.41) is 0. The predicted octanol–water partition coefficient (Wildman–Crippen LogP) is 10.4. The highest BCUT2D eigenvalue weighted by Gasteiger charge is 2.23. The monoisotopic (exact) mass is 573 g/mol. The number of hydrogen-bond donors (Lipinski definition) is 0. The van der Waals surface area contributed by atoms with Crippen molar-refractivity contribution >= 4 is 44.9 Å². The summed E-state index contributed by atoms with van der Waals surface area (Å²) in [6.45, 7) is 9.11. The summed E-state index contributed by atoms with van der Waals surface area (Å²) in [4.78, 5) is 14.7. The molecule has 0 atom stereocenters. The Bertz CT molecular complexity index is 1490. The molecule has 0 aliphatic heterocycles. The zero-order valence-electron chi connectivity index (χ0n) is 20.8. The van der Waals surface area contributed by atoms with Crippen LogP contribution in [0.5, 0.6) is 0 Å². The second kappa shape index (κ2) is 10.3. The third kappa shape index (κ3) is 4.68. The Morgan fingerprint density at radius 2 is 1.25 bits per heavy atom. The molecule has 0 aliphatic rings. The molecule has 0 bridgehead atoms. The Morgan fingerprint density at radius 1 is 0.694 bits per heavy atom. The van der Waals surface area contributed by atoms with E-state index in [9.17, 15) is 4.79 Å². The standard InChI is InChI=1S/C31H28BrNOS2/c1-19(2)23-6-5-7-24(20(3)4)31(23)33-25(12-13-26(33)29-16-17-30(32)36-29)28-15-14-27(35-28)22-10-8-21(18-34)9-11-22/h5-20H,1-4H3. The van der Waals surface area contributed by atoms with Crippen molar-refractivity contribution < 1.29 is 4.79 Å². The topological polar surface area (TPSA) is 22.0 Å². The number of halogens is 1. The molecule has 0 saturated heterocycles. The van der Waals surface area contributed by atoms with Gasteiger partial charge < -0.3 is 4.57 Å². The number of carbonyl (C=O) groups excluding carboxylic acids is 1. The summed E-state index contributed by atoms with van der Waals surface area (Å²) >= 11 is 7.22. The highest BCUT2D eigenvalue weighted by atomic mass is 79.9. The van der Waals surface area contributed by atoms with Crippen LogP contribution >= 0.6 is 38.6 Å². The Hall–Kier alpha value is -2.73. The van der Waals surface area contributed by atoms with E-state index < -0.39 is 0 Å². The second-order valence-corrected chi connectivity index (χ2v) is 13.1. The second-order valence-electron chi connectivity index (χ2n) is 9.54. The third-order valence-corrected chi connectivity index (χ3v) is 9.27. The van der Waals surface area contributed by atoms with E-state index in [1.165, 1.54) is 42.8 Å². The molecule has 5 rings (SSSR count). The summed E-state index contributed by atoms with van der Waals surface area (Å²) in [6, 6.07) is 27.8. The molecule has 182 valence electrons. The van der Waals surface area contributed by atoms with Crippen molar-refractivity contribution in [2.24, 2.45) is 0 Å². The van der Waals surface area contributed by atoms with E-state index in [1.807, 2.05) is 24.3 Å². The average Bonchev–Trinajstić information content (AvgIpc) is 3.62. The number of aldehydes is 1. The largest absolute Gasteiger partial charge is 0.307 e. The molecule has 3 aromatic heterocycles.